The Kier molecular flexibility index (Phi) is 7.51. The molecule has 0 spiro atoms. The van der Waals surface area contributed by atoms with E-state index in [1.54, 1.807) is 42.0 Å². The first-order chi connectivity index (χ1) is 16.9. The second-order valence-electron chi connectivity index (χ2n) is 7.59. The van der Waals surface area contributed by atoms with E-state index in [1.165, 1.54) is 29.1 Å². The number of aromatic hydroxyl groups is 1. The third kappa shape index (κ3) is 6.08. The van der Waals surface area contributed by atoms with Gasteiger partial charge in [0.25, 0.3) is 0 Å². The Morgan fingerprint density at radius 3 is 2.63 bits per heavy atom. The Balaban J connectivity index is 1.51. The van der Waals surface area contributed by atoms with Crippen molar-refractivity contribution in [2.24, 2.45) is 0 Å². The normalized spacial score (nSPS) is 12.4. The maximum atomic E-state index is 12.9. The van der Waals surface area contributed by atoms with Gasteiger partial charge in [0, 0.05) is 6.20 Å². The predicted molar refractivity (Wildman–Crippen MR) is 127 cm³/mol. The van der Waals surface area contributed by atoms with E-state index >= 15 is 0 Å². The molecule has 0 aliphatic heterocycles. The highest BCUT2D eigenvalue weighted by molar-refractivity contribution is 7.91. The SMILES string of the molecule is O=C(C[C@H](Cc1ccc(O)cc1)n1nncc1CNS(=O)(=O)c1ccc(-c2ccccn2)s1)NO. The van der Waals surface area contributed by atoms with Crippen LogP contribution in [0.2, 0.25) is 0 Å². The van der Waals surface area contributed by atoms with Gasteiger partial charge in [0.05, 0.1) is 41.5 Å². The summed E-state index contributed by atoms with van der Waals surface area (Å²) in [5, 5.41) is 26.5. The second-order valence-corrected chi connectivity index (χ2v) is 10.7. The molecule has 3 heterocycles. The molecule has 182 valence electrons. The Bertz CT molecular complexity index is 1390. The molecule has 0 saturated heterocycles. The number of phenols is 1. The van der Waals surface area contributed by atoms with Crippen molar-refractivity contribution in [2.45, 2.75) is 29.6 Å². The molecule has 4 rings (SSSR count). The highest BCUT2D eigenvalue weighted by atomic mass is 32.2. The molecule has 11 nitrogen and oxygen atoms in total. The number of hydrogen-bond donors (Lipinski definition) is 4. The van der Waals surface area contributed by atoms with Crippen LogP contribution in [0.5, 0.6) is 5.75 Å². The van der Waals surface area contributed by atoms with Gasteiger partial charge in [-0.15, -0.1) is 16.4 Å². The smallest absolute Gasteiger partial charge is 0.250 e. The van der Waals surface area contributed by atoms with Gasteiger partial charge >= 0.3 is 0 Å². The number of amides is 1. The molecule has 0 aliphatic carbocycles. The van der Waals surface area contributed by atoms with Crippen LogP contribution >= 0.6 is 11.3 Å². The van der Waals surface area contributed by atoms with Crippen LogP contribution in [0.4, 0.5) is 0 Å². The van der Waals surface area contributed by atoms with Crippen LogP contribution in [0.1, 0.15) is 23.7 Å². The maximum Gasteiger partial charge on any atom is 0.250 e. The van der Waals surface area contributed by atoms with Gasteiger partial charge in [-0.1, -0.05) is 23.4 Å². The maximum absolute atomic E-state index is 12.9. The zero-order chi connectivity index (χ0) is 24.8. The highest BCUT2D eigenvalue weighted by Gasteiger charge is 2.23. The first-order valence-corrected chi connectivity index (χ1v) is 12.8. The van der Waals surface area contributed by atoms with Gasteiger partial charge < -0.3 is 5.11 Å². The number of carbonyl (C=O) groups excluding carboxylic acids is 1. The van der Waals surface area contributed by atoms with Crippen LogP contribution in [0.15, 0.2) is 71.2 Å². The van der Waals surface area contributed by atoms with Gasteiger partial charge in [-0.2, -0.15) is 0 Å². The Labute approximate surface area is 205 Å². The number of hydrogen-bond acceptors (Lipinski definition) is 9. The molecule has 1 amide bonds. The lowest BCUT2D eigenvalue weighted by molar-refractivity contribution is -0.130. The van der Waals surface area contributed by atoms with Crippen molar-refractivity contribution < 1.29 is 23.5 Å². The van der Waals surface area contributed by atoms with E-state index < -0.39 is 22.0 Å². The molecule has 0 radical (unpaired) electrons. The van der Waals surface area contributed by atoms with E-state index in [4.69, 9.17) is 5.21 Å². The summed E-state index contributed by atoms with van der Waals surface area (Å²) in [5.74, 6) is -0.523. The topological polar surface area (TPSA) is 159 Å². The molecule has 0 fully saturated rings. The Morgan fingerprint density at radius 2 is 1.91 bits per heavy atom. The molecule has 4 N–H and O–H groups in total. The van der Waals surface area contributed by atoms with E-state index in [0.717, 1.165) is 21.8 Å². The molecule has 35 heavy (non-hydrogen) atoms. The van der Waals surface area contributed by atoms with Crippen LogP contribution in [-0.2, 0) is 27.8 Å². The van der Waals surface area contributed by atoms with E-state index in [-0.39, 0.29) is 22.9 Å². The average Bonchev–Trinajstić information content (AvgIpc) is 3.55. The van der Waals surface area contributed by atoms with Crippen molar-refractivity contribution in [3.63, 3.8) is 0 Å². The lowest BCUT2D eigenvalue weighted by Crippen LogP contribution is -2.28. The summed E-state index contributed by atoms with van der Waals surface area (Å²) in [4.78, 5) is 16.9. The zero-order valence-electron chi connectivity index (χ0n) is 18.3. The molecule has 0 unspecified atom stereocenters. The Hall–Kier alpha value is -3.65. The van der Waals surface area contributed by atoms with E-state index in [9.17, 15) is 18.3 Å². The molecular weight excluding hydrogens is 492 g/mol. The number of pyridine rings is 1. The number of nitrogens with one attached hydrogen (secondary N) is 2. The number of carbonyl (C=O) groups is 1. The van der Waals surface area contributed by atoms with Gasteiger partial charge in [0.2, 0.25) is 15.9 Å². The second kappa shape index (κ2) is 10.7. The number of phenolic OH excluding ortho intramolecular Hbond substituents is 1. The summed E-state index contributed by atoms with van der Waals surface area (Å²) in [6.07, 6.45) is 3.26. The van der Waals surface area contributed by atoms with Gasteiger partial charge in [0.15, 0.2) is 0 Å². The number of hydroxylamine groups is 1. The number of aromatic nitrogens is 4. The zero-order valence-corrected chi connectivity index (χ0v) is 19.9. The van der Waals surface area contributed by atoms with Gasteiger partial charge in [-0.3, -0.25) is 15.0 Å². The van der Waals surface area contributed by atoms with Crippen LogP contribution in [-0.4, -0.2) is 44.6 Å². The quantitative estimate of drug-likeness (QED) is 0.185. The lowest BCUT2D eigenvalue weighted by atomic mass is 10.0. The third-order valence-electron chi connectivity index (χ3n) is 5.16. The van der Waals surface area contributed by atoms with Crippen LogP contribution in [0, 0.1) is 0 Å². The third-order valence-corrected chi connectivity index (χ3v) is 8.16. The largest absolute Gasteiger partial charge is 0.508 e. The minimum absolute atomic E-state index is 0.106. The molecular formula is C22H22N6O5S2. The average molecular weight is 515 g/mol. The molecule has 0 saturated carbocycles. The van der Waals surface area contributed by atoms with Crippen molar-refractivity contribution in [1.29, 1.82) is 0 Å². The van der Waals surface area contributed by atoms with Crippen LogP contribution in [0.25, 0.3) is 10.6 Å². The first kappa shape index (κ1) is 24.5. The molecule has 0 aliphatic rings. The van der Waals surface area contributed by atoms with Crippen LogP contribution < -0.4 is 10.2 Å². The molecule has 1 aromatic carbocycles. The van der Waals surface area contributed by atoms with E-state index in [1.807, 2.05) is 6.07 Å². The van der Waals surface area contributed by atoms with Crippen molar-refractivity contribution in [1.82, 2.24) is 30.2 Å². The minimum atomic E-state index is -3.83. The molecule has 4 aromatic rings. The molecule has 1 atom stereocenters. The highest BCUT2D eigenvalue weighted by Crippen LogP contribution is 2.29. The standard InChI is InChI=1S/C22H22N6O5S2/c29-18-6-4-15(5-7-18)11-16(12-21(30)26-31)28-17(13-24-27-28)14-25-35(32,33)22-9-8-20(34-22)19-3-1-2-10-23-19/h1-10,13,16,25,29,31H,11-12,14H2,(H,26,30)/t16-/m0/s1. The summed E-state index contributed by atoms with van der Waals surface area (Å²) in [6.45, 7) is -0.112. The van der Waals surface area contributed by atoms with Gasteiger partial charge in [-0.05, 0) is 48.4 Å². The van der Waals surface area contributed by atoms with E-state index in [0.29, 0.717) is 17.8 Å². The first-order valence-electron chi connectivity index (χ1n) is 10.5. The number of benzene rings is 1. The summed E-state index contributed by atoms with van der Waals surface area (Å²) < 4.78 is 30.0. The fourth-order valence-corrected chi connectivity index (χ4v) is 5.79. The van der Waals surface area contributed by atoms with Crippen molar-refractivity contribution in [3.05, 3.63) is 78.2 Å². The Morgan fingerprint density at radius 1 is 1.11 bits per heavy atom. The van der Waals surface area contributed by atoms with Crippen molar-refractivity contribution >= 4 is 27.3 Å². The minimum Gasteiger partial charge on any atom is -0.508 e. The van der Waals surface area contributed by atoms with Gasteiger partial charge in [0.1, 0.15) is 9.96 Å². The molecule has 13 heteroatoms. The summed E-state index contributed by atoms with van der Waals surface area (Å²) in [5.41, 5.74) is 3.53. The predicted octanol–water partition coefficient (Wildman–Crippen LogP) is 2.27. The fraction of sp³-hybridized carbons (Fsp3) is 0.182. The van der Waals surface area contributed by atoms with Crippen LogP contribution in [0.3, 0.4) is 0 Å². The summed E-state index contributed by atoms with van der Waals surface area (Å²) in [7, 11) is -3.83. The number of sulfonamides is 1. The number of nitrogens with zero attached hydrogens (tertiary/aromatic N) is 4. The molecule has 3 aromatic heterocycles. The molecule has 0 bridgehead atoms. The fourth-order valence-electron chi connectivity index (χ4n) is 3.46. The lowest BCUT2D eigenvalue weighted by Gasteiger charge is -2.19. The number of rotatable bonds is 10. The summed E-state index contributed by atoms with van der Waals surface area (Å²) in [6, 6.07) is 14.5. The van der Waals surface area contributed by atoms with Crippen molar-refractivity contribution in [2.75, 3.05) is 0 Å². The van der Waals surface area contributed by atoms with Crippen molar-refractivity contribution in [3.8, 4) is 16.3 Å². The number of thiophene rings is 1. The summed E-state index contributed by atoms with van der Waals surface area (Å²) >= 11 is 1.10. The van der Waals surface area contributed by atoms with Gasteiger partial charge in [-0.25, -0.2) is 23.3 Å². The monoisotopic (exact) mass is 514 g/mol. The van der Waals surface area contributed by atoms with E-state index in [2.05, 4.69) is 20.0 Å².